The first-order chi connectivity index (χ1) is 9.86. The standard InChI is InChI=1S/C15H22N4O/c1-3-10-20-11-9-14(16-2)15-12-17-18-19(15)13-7-5-4-6-8-13/h4-8,12,14,16H,3,9-11H2,1-2H3. The molecule has 0 saturated carbocycles. The van der Waals surface area contributed by atoms with Gasteiger partial charge in [0.2, 0.25) is 0 Å². The third-order valence-electron chi connectivity index (χ3n) is 3.18. The molecule has 1 aromatic carbocycles. The number of hydrogen-bond donors (Lipinski definition) is 1. The van der Waals surface area contributed by atoms with Crippen molar-refractivity contribution in [3.63, 3.8) is 0 Å². The maximum atomic E-state index is 5.57. The minimum Gasteiger partial charge on any atom is -0.381 e. The van der Waals surface area contributed by atoms with Crippen LogP contribution in [0, 0.1) is 0 Å². The summed E-state index contributed by atoms with van der Waals surface area (Å²) in [6.45, 7) is 3.66. The molecule has 0 aliphatic heterocycles. The summed E-state index contributed by atoms with van der Waals surface area (Å²) < 4.78 is 7.44. The van der Waals surface area contributed by atoms with Gasteiger partial charge in [0.15, 0.2) is 0 Å². The average molecular weight is 274 g/mol. The van der Waals surface area contributed by atoms with Crippen LogP contribution in [0.4, 0.5) is 0 Å². The first-order valence-corrected chi connectivity index (χ1v) is 7.07. The van der Waals surface area contributed by atoms with E-state index in [-0.39, 0.29) is 6.04 Å². The molecule has 20 heavy (non-hydrogen) atoms. The minimum atomic E-state index is 0.182. The van der Waals surface area contributed by atoms with Crippen LogP contribution in [0.3, 0.4) is 0 Å². The van der Waals surface area contributed by atoms with Gasteiger partial charge in [0, 0.05) is 13.2 Å². The highest BCUT2D eigenvalue weighted by atomic mass is 16.5. The van der Waals surface area contributed by atoms with Crippen LogP contribution in [0.5, 0.6) is 0 Å². The number of aromatic nitrogens is 3. The molecule has 0 radical (unpaired) electrons. The smallest absolute Gasteiger partial charge is 0.0815 e. The highest BCUT2D eigenvalue weighted by Crippen LogP contribution is 2.18. The monoisotopic (exact) mass is 274 g/mol. The van der Waals surface area contributed by atoms with Crippen LogP contribution in [-0.4, -0.2) is 35.3 Å². The topological polar surface area (TPSA) is 52.0 Å². The molecule has 5 nitrogen and oxygen atoms in total. The van der Waals surface area contributed by atoms with Crippen LogP contribution in [-0.2, 0) is 4.74 Å². The summed E-state index contributed by atoms with van der Waals surface area (Å²) in [6.07, 6.45) is 3.76. The van der Waals surface area contributed by atoms with E-state index in [0.29, 0.717) is 0 Å². The molecule has 0 spiro atoms. The largest absolute Gasteiger partial charge is 0.381 e. The number of ether oxygens (including phenoxy) is 1. The van der Waals surface area contributed by atoms with Crippen molar-refractivity contribution in [2.75, 3.05) is 20.3 Å². The number of rotatable bonds is 8. The highest BCUT2D eigenvalue weighted by Gasteiger charge is 2.16. The van der Waals surface area contributed by atoms with Crippen LogP contribution in [0.25, 0.3) is 5.69 Å². The van der Waals surface area contributed by atoms with E-state index in [1.54, 1.807) is 0 Å². The van der Waals surface area contributed by atoms with E-state index in [4.69, 9.17) is 4.74 Å². The van der Waals surface area contributed by atoms with E-state index in [9.17, 15) is 0 Å². The molecule has 1 N–H and O–H groups in total. The lowest BCUT2D eigenvalue weighted by molar-refractivity contribution is 0.124. The van der Waals surface area contributed by atoms with Gasteiger partial charge in [-0.1, -0.05) is 30.3 Å². The second-order valence-corrected chi connectivity index (χ2v) is 4.65. The second kappa shape index (κ2) is 7.77. The van der Waals surface area contributed by atoms with E-state index in [1.165, 1.54) is 0 Å². The molecular weight excluding hydrogens is 252 g/mol. The van der Waals surface area contributed by atoms with Gasteiger partial charge in [-0.05, 0) is 32.0 Å². The molecule has 1 atom stereocenters. The Bertz CT molecular complexity index is 498. The van der Waals surface area contributed by atoms with Crippen molar-refractivity contribution in [1.29, 1.82) is 0 Å². The van der Waals surface area contributed by atoms with Gasteiger partial charge in [0.1, 0.15) is 0 Å². The zero-order valence-corrected chi connectivity index (χ0v) is 12.1. The molecule has 0 saturated heterocycles. The Hall–Kier alpha value is -1.72. The van der Waals surface area contributed by atoms with Gasteiger partial charge < -0.3 is 10.1 Å². The molecule has 0 amide bonds. The van der Waals surface area contributed by atoms with E-state index in [0.717, 1.165) is 37.4 Å². The minimum absolute atomic E-state index is 0.182. The van der Waals surface area contributed by atoms with Gasteiger partial charge in [0.05, 0.1) is 23.6 Å². The zero-order valence-electron chi connectivity index (χ0n) is 12.1. The molecule has 1 heterocycles. The quantitative estimate of drug-likeness (QED) is 0.751. The molecule has 2 rings (SSSR count). The van der Waals surface area contributed by atoms with Crippen LogP contribution in [0.15, 0.2) is 36.5 Å². The predicted molar refractivity (Wildman–Crippen MR) is 78.9 cm³/mol. The summed E-state index contributed by atoms with van der Waals surface area (Å²) in [6, 6.07) is 10.2. The molecule has 108 valence electrons. The highest BCUT2D eigenvalue weighted by molar-refractivity contribution is 5.32. The Labute approximate surface area is 120 Å². The summed E-state index contributed by atoms with van der Waals surface area (Å²) in [4.78, 5) is 0. The SMILES string of the molecule is CCCOCCC(NC)c1cnnn1-c1ccccc1. The van der Waals surface area contributed by atoms with Gasteiger partial charge in [0.25, 0.3) is 0 Å². The summed E-state index contributed by atoms with van der Waals surface area (Å²) in [7, 11) is 1.95. The van der Waals surface area contributed by atoms with Crippen molar-refractivity contribution < 1.29 is 4.74 Å². The number of nitrogens with one attached hydrogen (secondary N) is 1. The maximum Gasteiger partial charge on any atom is 0.0815 e. The lowest BCUT2D eigenvalue weighted by atomic mass is 10.1. The van der Waals surface area contributed by atoms with Crippen LogP contribution in [0.2, 0.25) is 0 Å². The third kappa shape index (κ3) is 3.65. The summed E-state index contributed by atoms with van der Waals surface area (Å²) in [5.74, 6) is 0. The van der Waals surface area contributed by atoms with Gasteiger partial charge >= 0.3 is 0 Å². The van der Waals surface area contributed by atoms with Gasteiger partial charge in [-0.15, -0.1) is 5.10 Å². The lowest BCUT2D eigenvalue weighted by Crippen LogP contribution is -2.21. The van der Waals surface area contributed by atoms with Crippen LogP contribution < -0.4 is 5.32 Å². The molecule has 0 bridgehead atoms. The molecular formula is C15H22N4O. The van der Waals surface area contributed by atoms with E-state index >= 15 is 0 Å². The summed E-state index contributed by atoms with van der Waals surface area (Å²) >= 11 is 0. The van der Waals surface area contributed by atoms with Crippen molar-refractivity contribution >= 4 is 0 Å². The third-order valence-corrected chi connectivity index (χ3v) is 3.18. The van der Waals surface area contributed by atoms with Crippen molar-refractivity contribution in [2.45, 2.75) is 25.8 Å². The van der Waals surface area contributed by atoms with Crippen LogP contribution in [0.1, 0.15) is 31.5 Å². The molecule has 2 aromatic rings. The van der Waals surface area contributed by atoms with Crippen molar-refractivity contribution in [3.05, 3.63) is 42.2 Å². The Kier molecular flexibility index (Phi) is 5.70. The van der Waals surface area contributed by atoms with Gasteiger partial charge in [-0.25, -0.2) is 4.68 Å². The fourth-order valence-corrected chi connectivity index (χ4v) is 2.14. The Morgan fingerprint density at radius 3 is 2.75 bits per heavy atom. The second-order valence-electron chi connectivity index (χ2n) is 4.65. The van der Waals surface area contributed by atoms with Gasteiger partial charge in [-0.3, -0.25) is 0 Å². The fourth-order valence-electron chi connectivity index (χ4n) is 2.14. The average Bonchev–Trinajstić information content (AvgIpc) is 2.98. The van der Waals surface area contributed by atoms with Crippen molar-refractivity contribution in [1.82, 2.24) is 20.3 Å². The number of benzene rings is 1. The maximum absolute atomic E-state index is 5.57. The molecule has 1 aromatic heterocycles. The Morgan fingerprint density at radius 1 is 1.25 bits per heavy atom. The Morgan fingerprint density at radius 2 is 2.05 bits per heavy atom. The number of para-hydroxylation sites is 1. The molecule has 1 unspecified atom stereocenters. The first kappa shape index (κ1) is 14.7. The molecule has 5 heteroatoms. The summed E-state index contributed by atoms with van der Waals surface area (Å²) in [5, 5.41) is 11.5. The first-order valence-electron chi connectivity index (χ1n) is 7.07. The van der Waals surface area contributed by atoms with E-state index in [1.807, 2.05) is 48.3 Å². The van der Waals surface area contributed by atoms with Gasteiger partial charge in [-0.2, -0.15) is 0 Å². The zero-order chi connectivity index (χ0) is 14.2. The van der Waals surface area contributed by atoms with Crippen molar-refractivity contribution in [3.8, 4) is 5.69 Å². The van der Waals surface area contributed by atoms with E-state index in [2.05, 4.69) is 22.6 Å². The number of nitrogens with zero attached hydrogens (tertiary/aromatic N) is 3. The summed E-state index contributed by atoms with van der Waals surface area (Å²) in [5.41, 5.74) is 2.08. The van der Waals surface area contributed by atoms with E-state index < -0.39 is 0 Å². The van der Waals surface area contributed by atoms with Crippen molar-refractivity contribution in [2.24, 2.45) is 0 Å². The molecule has 0 fully saturated rings. The number of hydrogen-bond acceptors (Lipinski definition) is 4. The molecule has 0 aliphatic rings. The van der Waals surface area contributed by atoms with Crippen LogP contribution >= 0.6 is 0 Å². The normalized spacial score (nSPS) is 12.5. The molecule has 0 aliphatic carbocycles. The Balaban J connectivity index is 2.09. The fraction of sp³-hybridized carbons (Fsp3) is 0.467. The predicted octanol–water partition coefficient (Wildman–Crippen LogP) is 2.34. The lowest BCUT2D eigenvalue weighted by Gasteiger charge is -2.17.